The molecule has 0 aliphatic rings. The topological polar surface area (TPSA) is 67.6 Å². The van der Waals surface area contributed by atoms with E-state index >= 15 is 0 Å². The fourth-order valence-electron chi connectivity index (χ4n) is 1.89. The van der Waals surface area contributed by atoms with E-state index < -0.39 is 0 Å². The number of hydrogen-bond acceptors (Lipinski definition) is 4. The van der Waals surface area contributed by atoms with E-state index in [0.29, 0.717) is 37.7 Å². The molecule has 0 aromatic heterocycles. The number of amides is 1. The second-order valence-electron chi connectivity index (χ2n) is 4.90. The Hall–Kier alpha value is -1.50. The molecule has 116 valence electrons. The van der Waals surface area contributed by atoms with Gasteiger partial charge in [0.2, 0.25) is 5.91 Å². The first-order valence-corrected chi connectivity index (χ1v) is 7.28. The molecule has 0 saturated heterocycles. The largest absolute Gasteiger partial charge is 0.393 e. The highest BCUT2D eigenvalue weighted by molar-refractivity contribution is 7.80. The van der Waals surface area contributed by atoms with Crippen molar-refractivity contribution in [3.8, 4) is 0 Å². The number of benzene rings is 1. The van der Waals surface area contributed by atoms with Crippen molar-refractivity contribution in [2.24, 2.45) is 5.73 Å². The minimum atomic E-state index is -0.0559. The molecule has 0 fully saturated rings. The van der Waals surface area contributed by atoms with E-state index in [0.717, 1.165) is 11.3 Å². The van der Waals surface area contributed by atoms with Crippen LogP contribution < -0.4 is 11.1 Å². The number of ether oxygens (including phenoxy) is 1. The number of anilines is 1. The first kappa shape index (κ1) is 17.6. The van der Waals surface area contributed by atoms with Crippen molar-refractivity contribution in [2.75, 3.05) is 38.7 Å². The van der Waals surface area contributed by atoms with Crippen LogP contribution in [-0.2, 0) is 9.53 Å². The van der Waals surface area contributed by atoms with Crippen LogP contribution in [0.5, 0.6) is 0 Å². The van der Waals surface area contributed by atoms with Crippen LogP contribution in [0.3, 0.4) is 0 Å². The highest BCUT2D eigenvalue weighted by atomic mass is 32.1. The number of carbonyl (C=O) groups is 1. The summed E-state index contributed by atoms with van der Waals surface area (Å²) in [6.45, 7) is 4.16. The van der Waals surface area contributed by atoms with Crippen LogP contribution in [0.25, 0.3) is 0 Å². The van der Waals surface area contributed by atoms with Gasteiger partial charge < -0.3 is 15.8 Å². The molecule has 6 heteroatoms. The van der Waals surface area contributed by atoms with Gasteiger partial charge >= 0.3 is 0 Å². The zero-order chi connectivity index (χ0) is 15.7. The molecule has 0 aliphatic heterocycles. The fraction of sp³-hybridized carbons (Fsp3) is 0.467. The van der Waals surface area contributed by atoms with Crippen molar-refractivity contribution in [3.63, 3.8) is 0 Å². The van der Waals surface area contributed by atoms with Gasteiger partial charge in [-0.2, -0.15) is 0 Å². The Morgan fingerprint density at radius 2 is 2.19 bits per heavy atom. The number of nitrogens with one attached hydrogen (secondary N) is 1. The Labute approximate surface area is 131 Å². The van der Waals surface area contributed by atoms with Crippen molar-refractivity contribution >= 4 is 28.8 Å². The maximum Gasteiger partial charge on any atom is 0.238 e. The summed E-state index contributed by atoms with van der Waals surface area (Å²) in [5, 5.41) is 2.89. The molecule has 0 unspecified atom stereocenters. The Balaban J connectivity index is 2.51. The van der Waals surface area contributed by atoms with E-state index in [-0.39, 0.29) is 5.91 Å². The molecule has 0 bridgehead atoms. The average Bonchev–Trinajstić information content (AvgIpc) is 2.41. The lowest BCUT2D eigenvalue weighted by atomic mass is 10.2. The van der Waals surface area contributed by atoms with E-state index in [1.54, 1.807) is 7.11 Å². The lowest BCUT2D eigenvalue weighted by molar-refractivity contribution is -0.117. The quantitative estimate of drug-likeness (QED) is 0.678. The van der Waals surface area contributed by atoms with Gasteiger partial charge in [0.25, 0.3) is 0 Å². The Morgan fingerprint density at radius 3 is 2.81 bits per heavy atom. The number of methoxy groups -OCH3 is 1. The molecule has 0 saturated carbocycles. The molecule has 0 heterocycles. The lowest BCUT2D eigenvalue weighted by Crippen LogP contribution is -2.37. The molecule has 0 aliphatic carbocycles. The third-order valence-electron chi connectivity index (χ3n) is 2.96. The van der Waals surface area contributed by atoms with Crippen LogP contribution in [0, 0.1) is 6.92 Å². The second kappa shape index (κ2) is 9.44. The van der Waals surface area contributed by atoms with Crippen LogP contribution >= 0.6 is 12.2 Å². The number of thiocarbonyl (C=S) groups is 1. The highest BCUT2D eigenvalue weighted by Crippen LogP contribution is 2.09. The number of rotatable bonds is 9. The van der Waals surface area contributed by atoms with Gasteiger partial charge in [-0.1, -0.05) is 24.4 Å². The molecule has 5 nitrogen and oxygen atoms in total. The fourth-order valence-corrected chi connectivity index (χ4v) is 1.98. The van der Waals surface area contributed by atoms with Gasteiger partial charge in [-0.15, -0.1) is 0 Å². The molecule has 0 spiro atoms. The van der Waals surface area contributed by atoms with Gasteiger partial charge in [-0.25, -0.2) is 0 Å². The van der Waals surface area contributed by atoms with E-state index in [1.807, 2.05) is 36.1 Å². The summed E-state index contributed by atoms with van der Waals surface area (Å²) in [4.78, 5) is 14.5. The average molecular weight is 309 g/mol. The summed E-state index contributed by atoms with van der Waals surface area (Å²) in [5.74, 6) is -0.0559. The van der Waals surface area contributed by atoms with Crippen LogP contribution in [-0.4, -0.2) is 49.1 Å². The van der Waals surface area contributed by atoms with Gasteiger partial charge in [0.15, 0.2) is 0 Å². The van der Waals surface area contributed by atoms with E-state index in [4.69, 9.17) is 22.7 Å². The summed E-state index contributed by atoms with van der Waals surface area (Å²) in [6, 6.07) is 7.72. The molecular weight excluding hydrogens is 286 g/mol. The van der Waals surface area contributed by atoms with Crippen molar-refractivity contribution in [1.82, 2.24) is 4.90 Å². The minimum Gasteiger partial charge on any atom is -0.393 e. The summed E-state index contributed by atoms with van der Waals surface area (Å²) in [6.07, 6.45) is 0.594. The van der Waals surface area contributed by atoms with E-state index in [2.05, 4.69) is 5.32 Å². The summed E-state index contributed by atoms with van der Waals surface area (Å²) in [7, 11) is 1.64. The smallest absolute Gasteiger partial charge is 0.238 e. The van der Waals surface area contributed by atoms with Crippen LogP contribution in [0.15, 0.2) is 24.3 Å². The molecule has 1 aromatic carbocycles. The SMILES string of the molecule is COCCN(CCC(N)=S)CC(=O)Nc1cccc(C)c1. The number of nitrogens with two attached hydrogens (primary N) is 1. The summed E-state index contributed by atoms with van der Waals surface area (Å²) >= 11 is 4.88. The van der Waals surface area contributed by atoms with E-state index in [1.165, 1.54) is 0 Å². The number of nitrogens with zero attached hydrogens (tertiary/aromatic N) is 1. The van der Waals surface area contributed by atoms with Crippen LogP contribution in [0.4, 0.5) is 5.69 Å². The zero-order valence-corrected chi connectivity index (χ0v) is 13.4. The van der Waals surface area contributed by atoms with Gasteiger partial charge in [0.1, 0.15) is 0 Å². The Morgan fingerprint density at radius 1 is 1.43 bits per heavy atom. The second-order valence-corrected chi connectivity index (χ2v) is 5.43. The Kier molecular flexibility index (Phi) is 7.89. The molecule has 1 rings (SSSR count). The molecule has 1 aromatic rings. The third-order valence-corrected chi connectivity index (χ3v) is 3.16. The van der Waals surface area contributed by atoms with Crippen molar-refractivity contribution in [3.05, 3.63) is 29.8 Å². The predicted molar refractivity (Wildman–Crippen MR) is 89.5 cm³/mol. The number of carbonyl (C=O) groups excluding carboxylic acids is 1. The maximum atomic E-state index is 12.1. The number of aryl methyl sites for hydroxylation is 1. The highest BCUT2D eigenvalue weighted by Gasteiger charge is 2.11. The predicted octanol–water partition coefficient (Wildman–Crippen LogP) is 1.56. The third kappa shape index (κ3) is 7.75. The van der Waals surface area contributed by atoms with Crippen LogP contribution in [0.2, 0.25) is 0 Å². The standard InChI is InChI=1S/C15H23N3O2S/c1-12-4-3-5-13(10-12)17-15(19)11-18(8-9-20-2)7-6-14(16)21/h3-5,10H,6-9,11H2,1-2H3,(H2,16,21)(H,17,19). The Bertz CT molecular complexity index is 480. The zero-order valence-electron chi connectivity index (χ0n) is 12.6. The molecule has 21 heavy (non-hydrogen) atoms. The normalized spacial score (nSPS) is 10.6. The lowest BCUT2D eigenvalue weighted by Gasteiger charge is -2.21. The number of hydrogen-bond donors (Lipinski definition) is 2. The van der Waals surface area contributed by atoms with Crippen molar-refractivity contribution in [1.29, 1.82) is 0 Å². The summed E-state index contributed by atoms with van der Waals surface area (Å²) in [5.41, 5.74) is 7.43. The minimum absolute atomic E-state index is 0.0559. The summed E-state index contributed by atoms with van der Waals surface area (Å²) < 4.78 is 5.06. The molecule has 0 atom stereocenters. The van der Waals surface area contributed by atoms with Gasteiger partial charge in [-0.05, 0) is 24.6 Å². The van der Waals surface area contributed by atoms with Crippen molar-refractivity contribution in [2.45, 2.75) is 13.3 Å². The van der Waals surface area contributed by atoms with Gasteiger partial charge in [0.05, 0.1) is 18.1 Å². The van der Waals surface area contributed by atoms with Crippen molar-refractivity contribution < 1.29 is 9.53 Å². The van der Waals surface area contributed by atoms with Gasteiger partial charge in [-0.3, -0.25) is 9.69 Å². The molecular formula is C15H23N3O2S. The molecule has 0 radical (unpaired) electrons. The molecule has 1 amide bonds. The first-order valence-electron chi connectivity index (χ1n) is 6.87. The first-order chi connectivity index (χ1) is 10.0. The van der Waals surface area contributed by atoms with E-state index in [9.17, 15) is 4.79 Å². The van der Waals surface area contributed by atoms with Gasteiger partial charge in [0, 0.05) is 32.3 Å². The maximum absolute atomic E-state index is 12.1. The monoisotopic (exact) mass is 309 g/mol. The van der Waals surface area contributed by atoms with Crippen LogP contribution in [0.1, 0.15) is 12.0 Å². The molecule has 3 N–H and O–H groups in total.